The molecule has 0 aliphatic rings. The third kappa shape index (κ3) is 1.08. The van der Waals surface area contributed by atoms with Crippen LogP contribution in [0, 0.1) is 6.92 Å². The largest absolute Gasteiger partial charge is 0.469 e. The van der Waals surface area contributed by atoms with Gasteiger partial charge in [0.15, 0.2) is 11.0 Å². The summed E-state index contributed by atoms with van der Waals surface area (Å²) >= 11 is 1.19. The highest BCUT2D eigenvalue weighted by molar-refractivity contribution is 7.09. The third-order valence-electron chi connectivity index (χ3n) is 1.54. The number of aryl methyl sites for hydroxylation is 1. The van der Waals surface area contributed by atoms with E-state index in [-0.39, 0.29) is 0 Å². The molecule has 4 nitrogen and oxygen atoms in total. The molecule has 12 heavy (non-hydrogen) atoms. The van der Waals surface area contributed by atoms with Crippen molar-refractivity contribution in [1.82, 2.24) is 9.36 Å². The maximum absolute atomic E-state index is 5.45. The second-order valence-corrected chi connectivity index (χ2v) is 3.13. The highest BCUT2D eigenvalue weighted by Gasteiger charge is 2.08. The first-order chi connectivity index (χ1) is 5.77. The van der Waals surface area contributed by atoms with Crippen molar-refractivity contribution in [2.45, 2.75) is 6.92 Å². The monoisotopic (exact) mass is 181 g/mol. The fraction of sp³-hybridized carbons (Fsp3) is 0.143. The second kappa shape index (κ2) is 2.60. The molecule has 0 aliphatic carbocycles. The van der Waals surface area contributed by atoms with E-state index in [0.717, 1.165) is 11.3 Å². The predicted octanol–water partition coefficient (Wildman–Crippen LogP) is 1.69. The van der Waals surface area contributed by atoms with E-state index < -0.39 is 0 Å². The molecule has 0 amide bonds. The number of furan rings is 1. The van der Waals surface area contributed by atoms with Crippen LogP contribution < -0.4 is 5.73 Å². The molecule has 0 unspecified atom stereocenters. The highest BCUT2D eigenvalue weighted by Crippen LogP contribution is 2.23. The Labute approximate surface area is 73.2 Å². The Kier molecular flexibility index (Phi) is 1.58. The Bertz CT molecular complexity index is 393. The Morgan fingerprint density at radius 3 is 2.92 bits per heavy atom. The number of nitrogen functional groups attached to an aromatic ring is 1. The molecule has 2 rings (SSSR count). The van der Waals surface area contributed by atoms with Crippen molar-refractivity contribution in [3.8, 4) is 11.4 Å². The van der Waals surface area contributed by atoms with Crippen LogP contribution in [0.5, 0.6) is 0 Å². The van der Waals surface area contributed by atoms with E-state index in [2.05, 4.69) is 9.36 Å². The highest BCUT2D eigenvalue weighted by atomic mass is 32.1. The van der Waals surface area contributed by atoms with E-state index in [1.54, 1.807) is 6.26 Å². The van der Waals surface area contributed by atoms with Gasteiger partial charge < -0.3 is 10.2 Å². The molecule has 2 N–H and O–H groups in total. The summed E-state index contributed by atoms with van der Waals surface area (Å²) in [5, 5.41) is 0.477. The number of hydrogen-bond acceptors (Lipinski definition) is 5. The minimum atomic E-state index is 0.477. The van der Waals surface area contributed by atoms with E-state index in [9.17, 15) is 0 Å². The number of aromatic nitrogens is 2. The lowest BCUT2D eigenvalue weighted by atomic mass is 10.2. The van der Waals surface area contributed by atoms with Crippen LogP contribution in [-0.2, 0) is 0 Å². The average Bonchev–Trinajstić information content (AvgIpc) is 2.58. The smallest absolute Gasteiger partial charge is 0.200 e. The van der Waals surface area contributed by atoms with Gasteiger partial charge in [-0.3, -0.25) is 0 Å². The second-order valence-electron chi connectivity index (χ2n) is 2.35. The first-order valence-corrected chi connectivity index (χ1v) is 4.18. The van der Waals surface area contributed by atoms with E-state index in [0.29, 0.717) is 11.0 Å². The zero-order valence-electron chi connectivity index (χ0n) is 6.44. The normalized spacial score (nSPS) is 10.4. The van der Waals surface area contributed by atoms with Gasteiger partial charge >= 0.3 is 0 Å². The predicted molar refractivity (Wildman–Crippen MR) is 46.8 cm³/mol. The molecule has 0 spiro atoms. The maximum Gasteiger partial charge on any atom is 0.200 e. The van der Waals surface area contributed by atoms with Gasteiger partial charge in [-0.25, -0.2) is 0 Å². The van der Waals surface area contributed by atoms with Crippen molar-refractivity contribution < 1.29 is 4.42 Å². The molecule has 2 aromatic heterocycles. The lowest BCUT2D eigenvalue weighted by Crippen LogP contribution is -1.83. The summed E-state index contributed by atoms with van der Waals surface area (Å²) in [6.07, 6.45) is 1.61. The summed E-state index contributed by atoms with van der Waals surface area (Å²) in [4.78, 5) is 4.04. The van der Waals surface area contributed by atoms with Gasteiger partial charge in [0.2, 0.25) is 0 Å². The SMILES string of the molecule is Cc1occc1-c1nsc(N)n1. The van der Waals surface area contributed by atoms with Gasteiger partial charge in [-0.15, -0.1) is 0 Å². The van der Waals surface area contributed by atoms with Gasteiger partial charge in [0, 0.05) is 11.5 Å². The van der Waals surface area contributed by atoms with Crippen LogP contribution in [0.1, 0.15) is 5.76 Å². The van der Waals surface area contributed by atoms with Crippen LogP contribution in [0.4, 0.5) is 5.13 Å². The molecule has 62 valence electrons. The van der Waals surface area contributed by atoms with Crippen LogP contribution >= 0.6 is 11.5 Å². The van der Waals surface area contributed by atoms with Crippen LogP contribution in [0.15, 0.2) is 16.7 Å². The lowest BCUT2D eigenvalue weighted by Gasteiger charge is -1.88. The molecule has 5 heteroatoms. The summed E-state index contributed by atoms with van der Waals surface area (Å²) in [5.41, 5.74) is 6.35. The minimum Gasteiger partial charge on any atom is -0.469 e. The quantitative estimate of drug-likeness (QED) is 0.727. The van der Waals surface area contributed by atoms with Gasteiger partial charge in [0.1, 0.15) is 5.76 Å². The Morgan fingerprint density at radius 2 is 2.42 bits per heavy atom. The summed E-state index contributed by atoms with van der Waals surface area (Å²) in [5.74, 6) is 1.46. The molecule has 2 aromatic rings. The zero-order valence-corrected chi connectivity index (χ0v) is 7.26. The molecule has 0 atom stereocenters. The van der Waals surface area contributed by atoms with Crippen molar-refractivity contribution in [2.24, 2.45) is 0 Å². The van der Waals surface area contributed by atoms with Gasteiger partial charge in [-0.2, -0.15) is 9.36 Å². The van der Waals surface area contributed by atoms with Gasteiger partial charge in [-0.1, -0.05) is 0 Å². The molecule has 2 heterocycles. The molecule has 0 radical (unpaired) electrons. The topological polar surface area (TPSA) is 64.9 Å². The minimum absolute atomic E-state index is 0.477. The maximum atomic E-state index is 5.45. The van der Waals surface area contributed by atoms with Gasteiger partial charge in [0.05, 0.1) is 11.8 Å². The number of nitrogens with two attached hydrogens (primary N) is 1. The summed E-state index contributed by atoms with van der Waals surface area (Å²) in [6.45, 7) is 1.87. The first kappa shape index (κ1) is 7.30. The van der Waals surface area contributed by atoms with Gasteiger partial charge in [-0.05, 0) is 13.0 Å². The van der Waals surface area contributed by atoms with Crippen molar-refractivity contribution >= 4 is 16.7 Å². The van der Waals surface area contributed by atoms with Crippen molar-refractivity contribution in [3.63, 3.8) is 0 Å². The summed E-state index contributed by atoms with van der Waals surface area (Å²) < 4.78 is 9.18. The zero-order chi connectivity index (χ0) is 8.55. The molecule has 0 aromatic carbocycles. The molecule has 0 saturated heterocycles. The standard InChI is InChI=1S/C7H7N3OS/c1-4-5(2-3-11-4)6-9-7(8)12-10-6/h2-3H,1H3,(H2,8,9,10). The molecule has 0 bridgehead atoms. The number of nitrogens with zero attached hydrogens (tertiary/aromatic N) is 2. The van der Waals surface area contributed by atoms with Crippen LogP contribution in [0.3, 0.4) is 0 Å². The Balaban J connectivity index is 2.50. The number of anilines is 1. The fourth-order valence-electron chi connectivity index (χ4n) is 0.962. The van der Waals surface area contributed by atoms with Crippen LogP contribution in [-0.4, -0.2) is 9.36 Å². The van der Waals surface area contributed by atoms with E-state index in [1.807, 2.05) is 13.0 Å². The summed E-state index contributed by atoms with van der Waals surface area (Å²) in [7, 11) is 0. The Hall–Kier alpha value is -1.36. The van der Waals surface area contributed by atoms with Crippen molar-refractivity contribution in [1.29, 1.82) is 0 Å². The van der Waals surface area contributed by atoms with Crippen molar-refractivity contribution in [2.75, 3.05) is 5.73 Å². The van der Waals surface area contributed by atoms with Gasteiger partial charge in [0.25, 0.3) is 0 Å². The van der Waals surface area contributed by atoms with E-state index in [1.165, 1.54) is 11.5 Å². The molecular weight excluding hydrogens is 174 g/mol. The first-order valence-electron chi connectivity index (χ1n) is 3.41. The Morgan fingerprint density at radius 1 is 1.58 bits per heavy atom. The fourth-order valence-corrected chi connectivity index (χ4v) is 1.41. The number of hydrogen-bond donors (Lipinski definition) is 1. The van der Waals surface area contributed by atoms with Crippen molar-refractivity contribution in [3.05, 3.63) is 18.1 Å². The molecular formula is C7H7N3OS. The average molecular weight is 181 g/mol. The number of rotatable bonds is 1. The van der Waals surface area contributed by atoms with E-state index >= 15 is 0 Å². The lowest BCUT2D eigenvalue weighted by molar-refractivity contribution is 0.535. The van der Waals surface area contributed by atoms with Crippen LogP contribution in [0.25, 0.3) is 11.4 Å². The molecule has 0 saturated carbocycles. The third-order valence-corrected chi connectivity index (χ3v) is 2.08. The molecule has 0 aliphatic heterocycles. The van der Waals surface area contributed by atoms with E-state index in [4.69, 9.17) is 10.2 Å². The van der Waals surface area contributed by atoms with Crippen LogP contribution in [0.2, 0.25) is 0 Å². The molecule has 0 fully saturated rings. The summed E-state index contributed by atoms with van der Waals surface area (Å²) in [6, 6.07) is 1.83.